The van der Waals surface area contributed by atoms with E-state index in [0.717, 1.165) is 15.8 Å². The van der Waals surface area contributed by atoms with Gasteiger partial charge in [0.2, 0.25) is 5.91 Å². The molecule has 4 aromatic carbocycles. The molecule has 0 aliphatic rings. The molecule has 0 aliphatic carbocycles. The van der Waals surface area contributed by atoms with Crippen LogP contribution in [0.5, 0.6) is 11.5 Å². The van der Waals surface area contributed by atoms with Gasteiger partial charge < -0.3 is 30.4 Å². The van der Waals surface area contributed by atoms with Crippen molar-refractivity contribution in [1.82, 2.24) is 10.3 Å². The number of benzene rings is 4. The van der Waals surface area contributed by atoms with E-state index in [2.05, 4.69) is 20.9 Å². The van der Waals surface area contributed by atoms with E-state index >= 15 is 0 Å². The standard InChI is InChI=1S/C34H30N4O5S/c1-42-27-13-14-31(43-2)24(17-27)18-30(38-33(40)23-7-4-3-5-8-23)34(41)37-25-9-6-10-28(19-25)44-21-32(39)36-26-12-11-22-15-16-35-29(22)20-26/h3-20,35H,21H2,1-2H3,(H,36,39)(H,37,41)(H,38,40)/b30-18+. The number of nitrogens with one attached hydrogen (secondary N) is 4. The summed E-state index contributed by atoms with van der Waals surface area (Å²) in [4.78, 5) is 43.1. The average Bonchev–Trinajstić information content (AvgIpc) is 3.52. The summed E-state index contributed by atoms with van der Waals surface area (Å²) < 4.78 is 10.8. The zero-order valence-corrected chi connectivity index (χ0v) is 24.9. The van der Waals surface area contributed by atoms with Crippen LogP contribution in [0.25, 0.3) is 17.0 Å². The predicted octanol–water partition coefficient (Wildman–Crippen LogP) is 6.33. The maximum Gasteiger partial charge on any atom is 0.272 e. The number of hydrogen-bond donors (Lipinski definition) is 4. The molecule has 4 N–H and O–H groups in total. The summed E-state index contributed by atoms with van der Waals surface area (Å²) in [5.74, 6) is 0.0859. The van der Waals surface area contributed by atoms with Crippen LogP contribution in [0.2, 0.25) is 0 Å². The highest BCUT2D eigenvalue weighted by Crippen LogP contribution is 2.27. The highest BCUT2D eigenvalue weighted by Gasteiger charge is 2.17. The summed E-state index contributed by atoms with van der Waals surface area (Å²) in [6, 6.07) is 28.6. The van der Waals surface area contributed by atoms with E-state index in [0.29, 0.717) is 34.0 Å². The summed E-state index contributed by atoms with van der Waals surface area (Å²) in [7, 11) is 3.06. The summed E-state index contributed by atoms with van der Waals surface area (Å²) in [6.07, 6.45) is 3.38. The number of hydrogen-bond acceptors (Lipinski definition) is 6. The first kappa shape index (κ1) is 30.0. The van der Waals surface area contributed by atoms with Crippen molar-refractivity contribution in [3.8, 4) is 11.5 Å². The van der Waals surface area contributed by atoms with Crippen molar-refractivity contribution in [1.29, 1.82) is 0 Å². The highest BCUT2D eigenvalue weighted by atomic mass is 32.2. The van der Waals surface area contributed by atoms with E-state index in [1.807, 2.05) is 36.5 Å². The summed E-state index contributed by atoms with van der Waals surface area (Å²) in [6.45, 7) is 0. The molecule has 222 valence electrons. The number of carbonyl (C=O) groups is 3. The zero-order chi connectivity index (χ0) is 30.9. The molecular weight excluding hydrogens is 576 g/mol. The lowest BCUT2D eigenvalue weighted by molar-refractivity contribution is -0.114. The van der Waals surface area contributed by atoms with Gasteiger partial charge in [-0.05, 0) is 78.2 Å². The van der Waals surface area contributed by atoms with Crippen LogP contribution in [0, 0.1) is 0 Å². The SMILES string of the molecule is COc1ccc(OC)c(/C=C(/NC(=O)c2ccccc2)C(=O)Nc2cccc(SCC(=O)Nc3ccc4cc[nH]c4c3)c2)c1. The Hall–Kier alpha value is -5.48. The number of rotatable bonds is 11. The van der Waals surface area contributed by atoms with E-state index in [-0.39, 0.29) is 17.4 Å². The van der Waals surface area contributed by atoms with Crippen molar-refractivity contribution in [2.45, 2.75) is 4.90 Å². The highest BCUT2D eigenvalue weighted by molar-refractivity contribution is 8.00. The van der Waals surface area contributed by atoms with E-state index in [9.17, 15) is 14.4 Å². The molecule has 9 nitrogen and oxygen atoms in total. The van der Waals surface area contributed by atoms with Crippen LogP contribution in [-0.4, -0.2) is 42.7 Å². The molecule has 0 spiro atoms. The quantitative estimate of drug-likeness (QED) is 0.103. The topological polar surface area (TPSA) is 122 Å². The molecule has 3 amide bonds. The van der Waals surface area contributed by atoms with E-state index in [4.69, 9.17) is 9.47 Å². The third-order valence-corrected chi connectivity index (χ3v) is 7.56. The first-order chi connectivity index (χ1) is 21.4. The number of anilines is 2. The lowest BCUT2D eigenvalue weighted by atomic mass is 10.1. The molecule has 0 bridgehead atoms. The van der Waals surface area contributed by atoms with Crippen LogP contribution in [0.15, 0.2) is 114 Å². The molecular formula is C34H30N4O5S. The Morgan fingerprint density at radius 3 is 2.43 bits per heavy atom. The fourth-order valence-electron chi connectivity index (χ4n) is 4.38. The van der Waals surface area contributed by atoms with Gasteiger partial charge in [0.1, 0.15) is 17.2 Å². The molecule has 1 heterocycles. The van der Waals surface area contributed by atoms with Gasteiger partial charge in [0, 0.05) is 39.1 Å². The molecule has 5 aromatic rings. The minimum atomic E-state index is -0.543. The predicted molar refractivity (Wildman–Crippen MR) is 174 cm³/mol. The van der Waals surface area contributed by atoms with Crippen LogP contribution in [0.4, 0.5) is 11.4 Å². The second-order valence-corrected chi connectivity index (χ2v) is 10.6. The molecule has 0 atom stereocenters. The van der Waals surface area contributed by atoms with Gasteiger partial charge in [0.05, 0.1) is 20.0 Å². The first-order valence-electron chi connectivity index (χ1n) is 13.6. The van der Waals surface area contributed by atoms with E-state index in [1.165, 1.54) is 32.1 Å². The second-order valence-electron chi connectivity index (χ2n) is 9.58. The molecule has 1 aromatic heterocycles. The van der Waals surface area contributed by atoms with Crippen molar-refractivity contribution in [3.63, 3.8) is 0 Å². The number of aromatic nitrogens is 1. The van der Waals surface area contributed by atoms with Crippen molar-refractivity contribution in [3.05, 3.63) is 120 Å². The maximum atomic E-state index is 13.6. The second kappa shape index (κ2) is 14.1. The fourth-order valence-corrected chi connectivity index (χ4v) is 5.14. The Morgan fingerprint density at radius 1 is 0.818 bits per heavy atom. The molecule has 10 heteroatoms. The third kappa shape index (κ3) is 7.67. The summed E-state index contributed by atoms with van der Waals surface area (Å²) in [5, 5.41) is 9.57. The number of fused-ring (bicyclic) bond motifs is 1. The van der Waals surface area contributed by atoms with Gasteiger partial charge in [0.25, 0.3) is 11.8 Å². The minimum Gasteiger partial charge on any atom is -0.497 e. The van der Waals surface area contributed by atoms with Crippen LogP contribution in [0.1, 0.15) is 15.9 Å². The van der Waals surface area contributed by atoms with E-state index < -0.39 is 11.8 Å². The molecule has 44 heavy (non-hydrogen) atoms. The van der Waals surface area contributed by atoms with Crippen molar-refractivity contribution in [2.24, 2.45) is 0 Å². The number of thioether (sulfide) groups is 1. The van der Waals surface area contributed by atoms with Gasteiger partial charge in [-0.25, -0.2) is 0 Å². The zero-order valence-electron chi connectivity index (χ0n) is 24.0. The molecule has 0 saturated heterocycles. The van der Waals surface area contributed by atoms with Crippen molar-refractivity contribution >= 4 is 57.8 Å². The largest absolute Gasteiger partial charge is 0.497 e. The van der Waals surface area contributed by atoms with Crippen molar-refractivity contribution in [2.75, 3.05) is 30.6 Å². The first-order valence-corrected chi connectivity index (χ1v) is 14.6. The monoisotopic (exact) mass is 606 g/mol. The summed E-state index contributed by atoms with van der Waals surface area (Å²) >= 11 is 1.34. The van der Waals surface area contributed by atoms with Crippen LogP contribution < -0.4 is 25.4 Å². The number of H-pyrrole nitrogens is 1. The number of amides is 3. The summed E-state index contributed by atoms with van der Waals surface area (Å²) in [5.41, 5.74) is 3.08. The Morgan fingerprint density at radius 2 is 1.64 bits per heavy atom. The Kier molecular flexibility index (Phi) is 9.63. The van der Waals surface area contributed by atoms with Gasteiger partial charge >= 0.3 is 0 Å². The van der Waals surface area contributed by atoms with Gasteiger partial charge in [-0.3, -0.25) is 14.4 Å². The molecule has 0 radical (unpaired) electrons. The van der Waals surface area contributed by atoms with Crippen LogP contribution in [-0.2, 0) is 9.59 Å². The Balaban J connectivity index is 1.30. The molecule has 0 unspecified atom stereocenters. The van der Waals surface area contributed by atoms with Gasteiger partial charge in [-0.2, -0.15) is 0 Å². The average molecular weight is 607 g/mol. The number of ether oxygens (including phenoxy) is 2. The Bertz CT molecular complexity index is 1830. The maximum absolute atomic E-state index is 13.6. The fraction of sp³-hybridized carbons (Fsp3) is 0.0882. The van der Waals surface area contributed by atoms with E-state index in [1.54, 1.807) is 66.7 Å². The van der Waals surface area contributed by atoms with Crippen molar-refractivity contribution < 1.29 is 23.9 Å². The Labute approximate surface area is 258 Å². The van der Waals surface area contributed by atoms with Gasteiger partial charge in [-0.15, -0.1) is 11.8 Å². The number of aromatic amines is 1. The molecule has 5 rings (SSSR count). The molecule has 0 aliphatic heterocycles. The van der Waals surface area contributed by atoms with Crippen LogP contribution >= 0.6 is 11.8 Å². The molecule has 0 fully saturated rings. The van der Waals surface area contributed by atoms with Gasteiger partial charge in [-0.1, -0.05) is 30.3 Å². The van der Waals surface area contributed by atoms with Crippen LogP contribution in [0.3, 0.4) is 0 Å². The smallest absolute Gasteiger partial charge is 0.272 e. The molecule has 0 saturated carbocycles. The number of carbonyl (C=O) groups excluding carboxylic acids is 3. The normalized spacial score (nSPS) is 11.1. The lowest BCUT2D eigenvalue weighted by Gasteiger charge is -2.13. The third-order valence-electron chi connectivity index (χ3n) is 6.57. The lowest BCUT2D eigenvalue weighted by Crippen LogP contribution is -2.30. The minimum absolute atomic E-state index is 0.00174. The number of methoxy groups -OCH3 is 2. The van der Waals surface area contributed by atoms with Gasteiger partial charge in [0.15, 0.2) is 0 Å².